The number of ether oxygens (including phenoxy) is 3. The fourth-order valence-electron chi connectivity index (χ4n) is 2.01. The number of carbonyl (C=O) groups is 1. The van der Waals surface area contributed by atoms with Gasteiger partial charge in [0.05, 0.1) is 27.0 Å². The third kappa shape index (κ3) is 2.91. The number of nitrogen functional groups attached to an aromatic ring is 1. The van der Waals surface area contributed by atoms with E-state index in [1.807, 2.05) is 0 Å². The zero-order valence-corrected chi connectivity index (χ0v) is 12.2. The van der Waals surface area contributed by atoms with E-state index in [0.29, 0.717) is 34.1 Å². The number of nitrogens with two attached hydrogens (primary N) is 1. The molecule has 0 spiro atoms. The summed E-state index contributed by atoms with van der Waals surface area (Å²) < 4.78 is 15.5. The van der Waals surface area contributed by atoms with Gasteiger partial charge in [-0.15, -0.1) is 0 Å². The van der Waals surface area contributed by atoms with E-state index in [4.69, 9.17) is 19.9 Å². The van der Waals surface area contributed by atoms with E-state index in [1.54, 1.807) is 36.4 Å². The normalized spacial score (nSPS) is 10.0. The molecule has 5 heteroatoms. The quantitative estimate of drug-likeness (QED) is 0.676. The molecule has 2 rings (SSSR count). The second kappa shape index (κ2) is 6.17. The Morgan fingerprint density at radius 1 is 0.952 bits per heavy atom. The van der Waals surface area contributed by atoms with E-state index < -0.39 is 0 Å². The zero-order chi connectivity index (χ0) is 15.4. The molecular weight excluding hydrogens is 270 g/mol. The molecule has 0 fully saturated rings. The Balaban J connectivity index is 2.49. The molecule has 2 aromatic carbocycles. The van der Waals surface area contributed by atoms with Crippen molar-refractivity contribution >= 4 is 11.5 Å². The van der Waals surface area contributed by atoms with Crippen LogP contribution < -0.4 is 19.9 Å². The SMILES string of the molecule is COc1cc(OC)cc(C(=O)c2cccc(OC)c2N)c1. The molecule has 0 unspecified atom stereocenters. The molecule has 2 N–H and O–H groups in total. The van der Waals surface area contributed by atoms with Gasteiger partial charge < -0.3 is 19.9 Å². The van der Waals surface area contributed by atoms with Gasteiger partial charge in [0.15, 0.2) is 5.78 Å². The number of rotatable bonds is 5. The van der Waals surface area contributed by atoms with Gasteiger partial charge >= 0.3 is 0 Å². The monoisotopic (exact) mass is 287 g/mol. The summed E-state index contributed by atoms with van der Waals surface area (Å²) in [5.74, 6) is 1.33. The number of anilines is 1. The van der Waals surface area contributed by atoms with Crippen LogP contribution in [0, 0.1) is 0 Å². The van der Waals surface area contributed by atoms with Crippen LogP contribution in [0.1, 0.15) is 15.9 Å². The van der Waals surface area contributed by atoms with Crippen molar-refractivity contribution in [3.05, 3.63) is 47.5 Å². The second-order valence-corrected chi connectivity index (χ2v) is 4.35. The average molecular weight is 287 g/mol. The molecule has 0 aliphatic heterocycles. The van der Waals surface area contributed by atoms with Crippen LogP contribution >= 0.6 is 0 Å². The van der Waals surface area contributed by atoms with Crippen molar-refractivity contribution in [1.29, 1.82) is 0 Å². The molecule has 110 valence electrons. The summed E-state index contributed by atoms with van der Waals surface area (Å²) in [5.41, 5.74) is 7.09. The number of para-hydroxylation sites is 1. The fourth-order valence-corrected chi connectivity index (χ4v) is 2.01. The molecule has 5 nitrogen and oxygen atoms in total. The maximum absolute atomic E-state index is 12.6. The van der Waals surface area contributed by atoms with E-state index in [9.17, 15) is 4.79 Å². The molecule has 0 saturated heterocycles. The standard InChI is InChI=1S/C16H17NO4/c1-19-11-7-10(8-12(9-11)20-2)16(18)13-5-4-6-14(21-3)15(13)17/h4-9H,17H2,1-3H3. The first-order chi connectivity index (χ1) is 10.1. The van der Waals surface area contributed by atoms with Crippen LogP contribution in [0.3, 0.4) is 0 Å². The van der Waals surface area contributed by atoms with Crippen LogP contribution in [-0.4, -0.2) is 27.1 Å². The van der Waals surface area contributed by atoms with Crippen molar-refractivity contribution in [1.82, 2.24) is 0 Å². The number of benzene rings is 2. The lowest BCUT2D eigenvalue weighted by Crippen LogP contribution is -2.07. The molecule has 0 atom stereocenters. The van der Waals surface area contributed by atoms with Crippen molar-refractivity contribution in [2.75, 3.05) is 27.1 Å². The first-order valence-corrected chi connectivity index (χ1v) is 6.31. The van der Waals surface area contributed by atoms with Gasteiger partial charge in [-0.2, -0.15) is 0 Å². The molecule has 2 aromatic rings. The summed E-state index contributed by atoms with van der Waals surface area (Å²) in [5, 5.41) is 0. The minimum Gasteiger partial charge on any atom is -0.497 e. The van der Waals surface area contributed by atoms with Crippen LogP contribution in [-0.2, 0) is 0 Å². The zero-order valence-electron chi connectivity index (χ0n) is 12.2. The molecule has 0 amide bonds. The number of ketones is 1. The summed E-state index contributed by atoms with van der Waals surface area (Å²) in [4.78, 5) is 12.6. The van der Waals surface area contributed by atoms with Crippen LogP contribution in [0.25, 0.3) is 0 Å². The lowest BCUT2D eigenvalue weighted by Gasteiger charge is -2.11. The van der Waals surface area contributed by atoms with Gasteiger partial charge in [0.2, 0.25) is 0 Å². The number of hydrogen-bond acceptors (Lipinski definition) is 5. The van der Waals surface area contributed by atoms with Gasteiger partial charge in [0, 0.05) is 17.2 Å². The lowest BCUT2D eigenvalue weighted by atomic mass is 10.0. The van der Waals surface area contributed by atoms with Crippen molar-refractivity contribution in [2.24, 2.45) is 0 Å². The van der Waals surface area contributed by atoms with E-state index in [0.717, 1.165) is 0 Å². The first kappa shape index (κ1) is 14.7. The molecule has 0 radical (unpaired) electrons. The topological polar surface area (TPSA) is 70.8 Å². The Labute approximate surface area is 123 Å². The largest absolute Gasteiger partial charge is 0.497 e. The summed E-state index contributed by atoms with van der Waals surface area (Å²) in [6, 6.07) is 10.1. The molecule has 0 aliphatic rings. The molecule has 0 saturated carbocycles. The summed E-state index contributed by atoms with van der Waals surface area (Å²) >= 11 is 0. The lowest BCUT2D eigenvalue weighted by molar-refractivity contribution is 0.103. The van der Waals surface area contributed by atoms with E-state index >= 15 is 0 Å². The average Bonchev–Trinajstić information content (AvgIpc) is 2.53. The Morgan fingerprint density at radius 3 is 2.10 bits per heavy atom. The molecule has 0 aromatic heterocycles. The second-order valence-electron chi connectivity index (χ2n) is 4.35. The molecular formula is C16H17NO4. The van der Waals surface area contributed by atoms with Crippen LogP contribution in [0.5, 0.6) is 17.2 Å². The van der Waals surface area contributed by atoms with Crippen LogP contribution in [0.4, 0.5) is 5.69 Å². The van der Waals surface area contributed by atoms with E-state index in [2.05, 4.69) is 0 Å². The van der Waals surface area contributed by atoms with Crippen molar-refractivity contribution in [2.45, 2.75) is 0 Å². The summed E-state index contributed by atoms with van der Waals surface area (Å²) in [6.45, 7) is 0. The van der Waals surface area contributed by atoms with Gasteiger partial charge in [-0.05, 0) is 24.3 Å². The number of carbonyl (C=O) groups excluding carboxylic acids is 1. The Kier molecular flexibility index (Phi) is 4.33. The smallest absolute Gasteiger partial charge is 0.195 e. The first-order valence-electron chi connectivity index (χ1n) is 6.31. The third-order valence-corrected chi connectivity index (χ3v) is 3.14. The summed E-state index contributed by atoms with van der Waals surface area (Å²) in [7, 11) is 4.57. The van der Waals surface area contributed by atoms with Crippen LogP contribution in [0.2, 0.25) is 0 Å². The van der Waals surface area contributed by atoms with Crippen LogP contribution in [0.15, 0.2) is 36.4 Å². The van der Waals surface area contributed by atoms with E-state index in [1.165, 1.54) is 21.3 Å². The molecule has 0 aliphatic carbocycles. The Bertz CT molecular complexity index is 645. The molecule has 0 bridgehead atoms. The number of hydrogen-bond donors (Lipinski definition) is 1. The predicted molar refractivity (Wildman–Crippen MR) is 80.4 cm³/mol. The number of methoxy groups -OCH3 is 3. The van der Waals surface area contributed by atoms with Gasteiger partial charge in [-0.25, -0.2) is 0 Å². The summed E-state index contributed by atoms with van der Waals surface area (Å²) in [6.07, 6.45) is 0. The highest BCUT2D eigenvalue weighted by Gasteiger charge is 2.16. The van der Waals surface area contributed by atoms with Gasteiger partial charge in [0.25, 0.3) is 0 Å². The molecule has 0 heterocycles. The van der Waals surface area contributed by atoms with Crippen molar-refractivity contribution < 1.29 is 19.0 Å². The van der Waals surface area contributed by atoms with Gasteiger partial charge in [0.1, 0.15) is 17.2 Å². The Morgan fingerprint density at radius 2 is 1.57 bits per heavy atom. The predicted octanol–water partition coefficient (Wildman–Crippen LogP) is 2.53. The highest BCUT2D eigenvalue weighted by atomic mass is 16.5. The van der Waals surface area contributed by atoms with Gasteiger partial charge in [-0.3, -0.25) is 4.79 Å². The highest BCUT2D eigenvalue weighted by molar-refractivity contribution is 6.13. The van der Waals surface area contributed by atoms with Crippen molar-refractivity contribution in [3.8, 4) is 17.2 Å². The van der Waals surface area contributed by atoms with Gasteiger partial charge in [-0.1, -0.05) is 6.07 Å². The van der Waals surface area contributed by atoms with Crippen molar-refractivity contribution in [3.63, 3.8) is 0 Å². The minimum atomic E-state index is -0.219. The Hall–Kier alpha value is -2.69. The highest BCUT2D eigenvalue weighted by Crippen LogP contribution is 2.29. The third-order valence-electron chi connectivity index (χ3n) is 3.14. The minimum absolute atomic E-state index is 0.219. The maximum Gasteiger partial charge on any atom is 0.195 e. The molecule has 21 heavy (non-hydrogen) atoms. The van der Waals surface area contributed by atoms with E-state index in [-0.39, 0.29) is 5.78 Å². The fraction of sp³-hybridized carbons (Fsp3) is 0.188. The maximum atomic E-state index is 12.6.